The first kappa shape index (κ1) is 24.5. The first-order valence-electron chi connectivity index (χ1n) is 10.2. The van der Waals surface area contributed by atoms with Crippen LogP contribution in [0, 0.1) is 0 Å². The van der Waals surface area contributed by atoms with E-state index in [0.717, 1.165) is 14.3 Å². The van der Waals surface area contributed by atoms with Crippen molar-refractivity contribution in [3.8, 4) is 5.75 Å². The smallest absolute Gasteiger partial charge is 0.264 e. The van der Waals surface area contributed by atoms with Crippen LogP contribution in [-0.4, -0.2) is 33.2 Å². The number of carbonyl (C=O) groups excluding carboxylic acids is 1. The van der Waals surface area contributed by atoms with Gasteiger partial charge in [-0.3, -0.25) is 9.10 Å². The van der Waals surface area contributed by atoms with Gasteiger partial charge in [-0.25, -0.2) is 13.8 Å². The summed E-state index contributed by atoms with van der Waals surface area (Å²) in [5.74, 6) is 0.00281. The maximum atomic E-state index is 13.4. The SMILES string of the molecule is CCOc1ccc(S(=O)(=O)N(CC(=O)N/N=C(/C)c2ccc(Br)cc2)c2ccccc2)cc1. The molecule has 7 nitrogen and oxygen atoms in total. The summed E-state index contributed by atoms with van der Waals surface area (Å²) in [6.45, 7) is 3.65. The maximum Gasteiger partial charge on any atom is 0.264 e. The molecule has 3 rings (SSSR count). The second-order valence-electron chi connectivity index (χ2n) is 6.99. The Kier molecular flexibility index (Phi) is 8.24. The summed E-state index contributed by atoms with van der Waals surface area (Å²) in [6, 6.07) is 22.0. The summed E-state index contributed by atoms with van der Waals surface area (Å²) in [5.41, 5.74) is 4.25. The third-order valence-electron chi connectivity index (χ3n) is 4.66. The van der Waals surface area contributed by atoms with Gasteiger partial charge in [-0.2, -0.15) is 5.10 Å². The Balaban J connectivity index is 1.83. The summed E-state index contributed by atoms with van der Waals surface area (Å²) in [6.07, 6.45) is 0. The number of amides is 1. The number of anilines is 1. The average molecular weight is 530 g/mol. The standard InChI is InChI=1S/C24H24BrN3O4S/c1-3-32-22-13-15-23(16-14-22)33(30,31)28(21-7-5-4-6-8-21)17-24(29)27-26-18(2)19-9-11-20(25)12-10-19/h4-16H,3,17H2,1-2H3,(H,27,29)/b26-18-. The Morgan fingerprint density at radius 1 is 1.00 bits per heavy atom. The van der Waals surface area contributed by atoms with Crippen molar-refractivity contribution in [3.05, 3.63) is 88.9 Å². The predicted molar refractivity (Wildman–Crippen MR) is 133 cm³/mol. The topological polar surface area (TPSA) is 88.1 Å². The molecule has 3 aromatic carbocycles. The summed E-state index contributed by atoms with van der Waals surface area (Å²) >= 11 is 3.38. The van der Waals surface area contributed by atoms with Gasteiger partial charge in [0.15, 0.2) is 0 Å². The zero-order valence-electron chi connectivity index (χ0n) is 18.2. The van der Waals surface area contributed by atoms with Gasteiger partial charge in [-0.1, -0.05) is 46.3 Å². The zero-order valence-corrected chi connectivity index (χ0v) is 20.6. The molecule has 0 aromatic heterocycles. The molecule has 33 heavy (non-hydrogen) atoms. The number of hydrazone groups is 1. The molecule has 0 aliphatic heterocycles. The van der Waals surface area contributed by atoms with Crippen molar-refractivity contribution in [1.29, 1.82) is 0 Å². The monoisotopic (exact) mass is 529 g/mol. The van der Waals surface area contributed by atoms with E-state index in [9.17, 15) is 13.2 Å². The van der Waals surface area contributed by atoms with E-state index in [-0.39, 0.29) is 4.90 Å². The number of ether oxygens (including phenoxy) is 1. The summed E-state index contributed by atoms with van der Waals surface area (Å²) in [7, 11) is -4.01. The van der Waals surface area contributed by atoms with Crippen molar-refractivity contribution in [2.24, 2.45) is 5.10 Å². The zero-order chi connectivity index (χ0) is 23.8. The van der Waals surface area contributed by atoms with E-state index in [1.54, 1.807) is 49.4 Å². The van der Waals surface area contributed by atoms with Crippen molar-refractivity contribution in [2.45, 2.75) is 18.7 Å². The van der Waals surface area contributed by atoms with E-state index in [0.29, 0.717) is 23.8 Å². The first-order chi connectivity index (χ1) is 15.8. The van der Waals surface area contributed by atoms with Crippen LogP contribution in [0.2, 0.25) is 0 Å². The molecule has 0 unspecified atom stereocenters. The molecule has 1 N–H and O–H groups in total. The number of benzene rings is 3. The van der Waals surface area contributed by atoms with Crippen molar-refractivity contribution in [2.75, 3.05) is 17.5 Å². The summed E-state index contributed by atoms with van der Waals surface area (Å²) in [4.78, 5) is 12.7. The molecule has 0 heterocycles. The fourth-order valence-corrected chi connectivity index (χ4v) is 4.66. The lowest BCUT2D eigenvalue weighted by atomic mass is 10.1. The highest BCUT2D eigenvalue weighted by molar-refractivity contribution is 9.10. The van der Waals surface area contributed by atoms with Crippen LogP contribution in [-0.2, 0) is 14.8 Å². The number of hydrogen-bond donors (Lipinski definition) is 1. The lowest BCUT2D eigenvalue weighted by Gasteiger charge is -2.23. The van der Waals surface area contributed by atoms with E-state index >= 15 is 0 Å². The molecule has 0 atom stereocenters. The molecule has 0 saturated heterocycles. The van der Waals surface area contributed by atoms with Gasteiger partial charge >= 0.3 is 0 Å². The number of hydrogen-bond acceptors (Lipinski definition) is 5. The van der Waals surface area contributed by atoms with Gasteiger partial charge < -0.3 is 4.74 Å². The molecule has 1 amide bonds. The molecule has 0 fully saturated rings. The van der Waals surface area contributed by atoms with Crippen molar-refractivity contribution in [1.82, 2.24) is 5.43 Å². The molecule has 0 bridgehead atoms. The van der Waals surface area contributed by atoms with Gasteiger partial charge in [0, 0.05) is 4.47 Å². The third-order valence-corrected chi connectivity index (χ3v) is 6.98. The van der Waals surface area contributed by atoms with Crippen molar-refractivity contribution >= 4 is 43.3 Å². The predicted octanol–water partition coefficient (Wildman–Crippen LogP) is 4.58. The van der Waals surface area contributed by atoms with Gasteiger partial charge in [0.1, 0.15) is 12.3 Å². The Labute approximate surface area is 202 Å². The first-order valence-corrected chi connectivity index (χ1v) is 12.4. The highest BCUT2D eigenvalue weighted by atomic mass is 79.9. The Morgan fingerprint density at radius 3 is 2.24 bits per heavy atom. The molecule has 172 valence electrons. The highest BCUT2D eigenvalue weighted by Gasteiger charge is 2.27. The van der Waals surface area contributed by atoms with Crippen LogP contribution < -0.4 is 14.5 Å². The highest BCUT2D eigenvalue weighted by Crippen LogP contribution is 2.25. The van der Waals surface area contributed by atoms with Crippen LogP contribution >= 0.6 is 15.9 Å². The Morgan fingerprint density at radius 2 is 1.64 bits per heavy atom. The van der Waals surface area contributed by atoms with Crippen molar-refractivity contribution in [3.63, 3.8) is 0 Å². The average Bonchev–Trinajstić information content (AvgIpc) is 2.82. The fraction of sp³-hybridized carbons (Fsp3) is 0.167. The lowest BCUT2D eigenvalue weighted by Crippen LogP contribution is -2.39. The lowest BCUT2D eigenvalue weighted by molar-refractivity contribution is -0.119. The minimum absolute atomic E-state index is 0.0529. The molecule has 3 aromatic rings. The van der Waals surface area contributed by atoms with Gasteiger partial charge in [-0.05, 0) is 67.9 Å². The fourth-order valence-electron chi connectivity index (χ4n) is 2.98. The molecule has 0 spiro atoms. The number of nitrogens with zero attached hydrogens (tertiary/aromatic N) is 2. The molecule has 0 aliphatic carbocycles. The van der Waals surface area contributed by atoms with Gasteiger partial charge in [0.25, 0.3) is 15.9 Å². The molecule has 0 aliphatic rings. The van der Waals surface area contributed by atoms with Crippen LogP contribution in [0.3, 0.4) is 0 Å². The molecule has 0 saturated carbocycles. The molecule has 0 radical (unpaired) electrons. The Hall–Kier alpha value is -3.17. The Bertz CT molecular complexity index is 1210. The number of carbonyl (C=O) groups is 1. The number of nitrogens with one attached hydrogen (secondary N) is 1. The summed E-state index contributed by atoms with van der Waals surface area (Å²) < 4.78 is 34.2. The van der Waals surface area contributed by atoms with E-state index < -0.39 is 22.5 Å². The van der Waals surface area contributed by atoms with E-state index in [1.165, 1.54) is 12.1 Å². The van der Waals surface area contributed by atoms with Gasteiger partial charge in [0.05, 0.1) is 22.9 Å². The number of para-hydroxylation sites is 1. The number of sulfonamides is 1. The minimum atomic E-state index is -4.01. The van der Waals surface area contributed by atoms with Crippen LogP contribution in [0.5, 0.6) is 5.75 Å². The van der Waals surface area contributed by atoms with Crippen LogP contribution in [0.4, 0.5) is 5.69 Å². The quantitative estimate of drug-likeness (QED) is 0.324. The second kappa shape index (κ2) is 11.1. The van der Waals surface area contributed by atoms with Crippen molar-refractivity contribution < 1.29 is 17.9 Å². The second-order valence-corrected chi connectivity index (χ2v) is 9.77. The molecular formula is C24H24BrN3O4S. The normalized spacial score (nSPS) is 11.7. The maximum absolute atomic E-state index is 13.4. The van der Waals surface area contributed by atoms with Crippen LogP contribution in [0.25, 0.3) is 0 Å². The third kappa shape index (κ3) is 6.43. The summed E-state index contributed by atoms with van der Waals surface area (Å²) in [5, 5.41) is 4.12. The van der Waals surface area contributed by atoms with Gasteiger partial charge in [-0.15, -0.1) is 0 Å². The molecule has 9 heteroatoms. The van der Waals surface area contributed by atoms with Gasteiger partial charge in [0.2, 0.25) is 0 Å². The van der Waals surface area contributed by atoms with Crippen LogP contribution in [0.15, 0.2) is 93.3 Å². The minimum Gasteiger partial charge on any atom is -0.494 e. The number of rotatable bonds is 9. The number of halogens is 1. The van der Waals surface area contributed by atoms with Crippen LogP contribution in [0.1, 0.15) is 19.4 Å². The van der Waals surface area contributed by atoms with E-state index in [1.807, 2.05) is 31.2 Å². The molecular weight excluding hydrogens is 506 g/mol. The largest absolute Gasteiger partial charge is 0.494 e. The van der Waals surface area contributed by atoms with E-state index in [2.05, 4.69) is 26.5 Å². The van der Waals surface area contributed by atoms with E-state index in [4.69, 9.17) is 4.74 Å².